The summed E-state index contributed by atoms with van der Waals surface area (Å²) >= 11 is 0. The molecule has 3 aromatic carbocycles. The van der Waals surface area contributed by atoms with Gasteiger partial charge < -0.3 is 38.9 Å². The molecule has 13 nitrogen and oxygen atoms in total. The quantitative estimate of drug-likeness (QED) is 0.0748. The van der Waals surface area contributed by atoms with Crippen molar-refractivity contribution in [1.82, 2.24) is 5.32 Å². The Morgan fingerprint density at radius 3 is 1.97 bits per heavy atom. The number of ketones is 1. The molecule has 3 aliphatic carbocycles. The second-order valence-electron chi connectivity index (χ2n) is 20.9. The average molecular weight is 924 g/mol. The maximum Gasteiger partial charge on any atom is 0.338 e. The minimum atomic E-state index is -2.85. The van der Waals surface area contributed by atoms with E-state index in [-0.39, 0.29) is 25.0 Å². The van der Waals surface area contributed by atoms with Crippen molar-refractivity contribution in [3.63, 3.8) is 0 Å². The maximum absolute atomic E-state index is 15.5. The van der Waals surface area contributed by atoms with Crippen LogP contribution in [0.4, 0.5) is 0 Å². The molecule has 0 aromatic heterocycles. The molecule has 1 saturated heterocycles. The third kappa shape index (κ3) is 8.16. The van der Waals surface area contributed by atoms with Gasteiger partial charge in [0, 0.05) is 36.7 Å². The van der Waals surface area contributed by atoms with Gasteiger partial charge in [-0.1, -0.05) is 108 Å². The van der Waals surface area contributed by atoms with Crippen LogP contribution in [0.15, 0.2) is 102 Å². The number of nitrogens with one attached hydrogen (secondary N) is 1. The first-order valence-electron chi connectivity index (χ1n) is 22.8. The Morgan fingerprint density at radius 1 is 0.879 bits per heavy atom. The van der Waals surface area contributed by atoms with Gasteiger partial charge in [0.25, 0.3) is 5.91 Å². The Bertz CT molecular complexity index is 2380. The number of esters is 3. The summed E-state index contributed by atoms with van der Waals surface area (Å²) in [5, 5.41) is 28.7. The summed E-state index contributed by atoms with van der Waals surface area (Å²) in [6.45, 7) is 19.7. The lowest BCUT2D eigenvalue weighted by Crippen LogP contribution is -2.81. The fourth-order valence-corrected chi connectivity index (χ4v) is 12.3. The Morgan fingerprint density at radius 2 is 1.44 bits per heavy atom. The van der Waals surface area contributed by atoms with Gasteiger partial charge in [-0.05, 0) is 73.0 Å². The van der Waals surface area contributed by atoms with Crippen molar-refractivity contribution in [3.05, 3.63) is 119 Å². The molecule has 4 aliphatic rings. The molecule has 3 fully saturated rings. The molecule has 1 amide bonds. The molecule has 2 bridgehead atoms. The number of ether oxygens (including phenoxy) is 4. The summed E-state index contributed by atoms with van der Waals surface area (Å²) in [5.41, 5.74) is -4.85. The molecule has 2 saturated carbocycles. The van der Waals surface area contributed by atoms with Gasteiger partial charge in [-0.25, -0.2) is 9.59 Å². The summed E-state index contributed by atoms with van der Waals surface area (Å²) < 4.78 is 32.3. The van der Waals surface area contributed by atoms with Gasteiger partial charge in [-0.3, -0.25) is 14.4 Å². The summed E-state index contributed by atoms with van der Waals surface area (Å²) in [4.78, 5) is 72.4. The van der Waals surface area contributed by atoms with Crippen LogP contribution in [0.3, 0.4) is 0 Å². The minimum absolute atomic E-state index is 0.0583. The van der Waals surface area contributed by atoms with E-state index in [1.165, 1.54) is 6.92 Å². The van der Waals surface area contributed by atoms with Crippen LogP contribution in [0.25, 0.3) is 0 Å². The predicted molar refractivity (Wildman–Crippen MR) is 247 cm³/mol. The monoisotopic (exact) mass is 923 g/mol. The van der Waals surface area contributed by atoms with Crippen molar-refractivity contribution < 1.29 is 57.6 Å². The maximum atomic E-state index is 15.5. The van der Waals surface area contributed by atoms with Crippen molar-refractivity contribution in [2.75, 3.05) is 6.61 Å². The van der Waals surface area contributed by atoms with Crippen LogP contribution in [0.2, 0.25) is 18.1 Å². The van der Waals surface area contributed by atoms with Gasteiger partial charge in [0.05, 0.1) is 35.6 Å². The van der Waals surface area contributed by atoms with Crippen LogP contribution in [-0.4, -0.2) is 96.5 Å². The zero-order valence-corrected chi connectivity index (χ0v) is 40.9. The van der Waals surface area contributed by atoms with Crippen LogP contribution in [-0.2, 0) is 37.8 Å². The molecule has 3 aromatic rings. The normalized spacial score (nSPS) is 31.3. The van der Waals surface area contributed by atoms with Gasteiger partial charge in [0.2, 0.25) is 0 Å². The third-order valence-corrected chi connectivity index (χ3v) is 20.2. The SMILES string of the molecule is CC(=O)O[C@@]12CO[C@@H]1C[C@H](O)[C@@]1(C)C(=O)[C@H](C)C3=C(C)[C@@H](OC(=O)[C@H](O[Si](C)(C)C(C)(C)C)[C@@H](NC(=O)c4ccccc4)c4ccccc4)C[C@@](O)([C@@H](OC(=O)c4ccccc4)[C@H]21)C3(C)C. The number of aliphatic hydroxyl groups excluding tert-OH is 1. The summed E-state index contributed by atoms with van der Waals surface area (Å²) in [6.07, 6.45) is -6.97. The van der Waals surface area contributed by atoms with Crippen molar-refractivity contribution in [3.8, 4) is 0 Å². The molecule has 0 spiro atoms. The number of benzene rings is 3. The van der Waals surface area contributed by atoms with Crippen molar-refractivity contribution in [2.24, 2.45) is 22.7 Å². The van der Waals surface area contributed by atoms with E-state index in [0.29, 0.717) is 22.3 Å². The highest BCUT2D eigenvalue weighted by atomic mass is 28.4. The van der Waals surface area contributed by atoms with Crippen molar-refractivity contribution in [1.29, 1.82) is 0 Å². The number of carbonyl (C=O) groups is 5. The van der Waals surface area contributed by atoms with E-state index < -0.39 is 113 Å². The second-order valence-corrected chi connectivity index (χ2v) is 25.7. The Balaban J connectivity index is 1.40. The van der Waals surface area contributed by atoms with E-state index >= 15 is 9.59 Å². The average Bonchev–Trinajstić information content (AvgIpc) is 3.26. The first kappa shape index (κ1) is 48.9. The number of aliphatic hydroxyl groups is 2. The van der Waals surface area contributed by atoms with E-state index in [2.05, 4.69) is 5.32 Å². The summed E-state index contributed by atoms with van der Waals surface area (Å²) in [6, 6.07) is 24.8. The van der Waals surface area contributed by atoms with Crippen LogP contribution < -0.4 is 5.32 Å². The molecule has 0 unspecified atom stereocenters. The number of rotatable bonds is 11. The molecule has 7 rings (SSSR count). The zero-order chi connectivity index (χ0) is 48.4. The largest absolute Gasteiger partial charge is 0.456 e. The summed E-state index contributed by atoms with van der Waals surface area (Å²) in [7, 11) is -2.85. The third-order valence-electron chi connectivity index (χ3n) is 15.7. The number of amides is 1. The van der Waals surface area contributed by atoms with Crippen LogP contribution in [0.1, 0.15) is 107 Å². The molecular formula is C52H65NO12Si. The lowest BCUT2D eigenvalue weighted by Gasteiger charge is -2.67. The molecule has 1 aliphatic heterocycles. The number of carbonyl (C=O) groups excluding carboxylic acids is 5. The first-order valence-corrected chi connectivity index (χ1v) is 25.7. The Labute approximate surface area is 388 Å². The second kappa shape index (κ2) is 17.6. The molecular weight excluding hydrogens is 859 g/mol. The highest BCUT2D eigenvalue weighted by Gasteiger charge is 2.77. The fraction of sp³-hybridized carbons (Fsp3) is 0.519. The van der Waals surface area contributed by atoms with Gasteiger partial charge in [-0.15, -0.1) is 0 Å². The standard InChI is InChI=1S/C52H65NO12Si/c1-30-36(62-47(59)41(65-66(10,11)48(4,5)6)40(33-21-15-12-16-22-33)53-45(57)34-23-17-13-18-24-34)28-52(60)44(63-46(58)35-25-19-14-20-26-35)42-50(9,43(56)31(2)39(30)49(52,7)8)37(55)27-38-51(42,29-61-38)64-32(3)54/h12-26,31,36-38,40-42,44,55,60H,27-29H2,1-11H3,(H,53,57)/t31-,36+,37+,38-,40+,41-,42+,44+,50-,51+,52-/m1/s1. The number of fused-ring (bicyclic) bond motifs is 5. The van der Waals surface area contributed by atoms with E-state index in [9.17, 15) is 24.6 Å². The highest BCUT2D eigenvalue weighted by molar-refractivity contribution is 6.74. The van der Waals surface area contributed by atoms with Gasteiger partial charge in [-0.2, -0.15) is 0 Å². The van der Waals surface area contributed by atoms with E-state index in [0.717, 1.165) is 0 Å². The minimum Gasteiger partial charge on any atom is -0.456 e. The lowest BCUT2D eigenvalue weighted by atomic mass is 9.43. The van der Waals surface area contributed by atoms with E-state index in [4.69, 9.17) is 23.4 Å². The lowest BCUT2D eigenvalue weighted by molar-refractivity contribution is -0.345. The van der Waals surface area contributed by atoms with Crippen LogP contribution in [0, 0.1) is 22.7 Å². The predicted octanol–water partition coefficient (Wildman–Crippen LogP) is 7.47. The van der Waals surface area contributed by atoms with Gasteiger partial charge in [0.1, 0.15) is 29.7 Å². The zero-order valence-electron chi connectivity index (χ0n) is 39.9. The number of Topliss-reactive ketones (excluding diaryl/α,β-unsaturated/α-hetero) is 1. The highest BCUT2D eigenvalue weighted by Crippen LogP contribution is 2.65. The van der Waals surface area contributed by atoms with E-state index in [1.807, 2.05) is 39.9 Å². The van der Waals surface area contributed by atoms with Crippen molar-refractivity contribution in [2.45, 2.75) is 141 Å². The molecule has 1 heterocycles. The molecule has 11 atom stereocenters. The van der Waals surface area contributed by atoms with Gasteiger partial charge >= 0.3 is 17.9 Å². The van der Waals surface area contributed by atoms with Crippen molar-refractivity contribution >= 4 is 37.9 Å². The molecule has 354 valence electrons. The fourth-order valence-electron chi connectivity index (χ4n) is 11.0. The van der Waals surface area contributed by atoms with E-state index in [1.54, 1.807) is 120 Å². The molecule has 3 N–H and O–H groups in total. The van der Waals surface area contributed by atoms with Crippen LogP contribution in [0.5, 0.6) is 0 Å². The Kier molecular flexibility index (Phi) is 13.0. The summed E-state index contributed by atoms with van der Waals surface area (Å²) in [5.74, 6) is -5.55. The molecule has 66 heavy (non-hydrogen) atoms. The topological polar surface area (TPSA) is 184 Å². The van der Waals surface area contributed by atoms with Gasteiger partial charge in [0.15, 0.2) is 20.0 Å². The molecule has 0 radical (unpaired) electrons. The first-order chi connectivity index (χ1) is 30.8. The van der Waals surface area contributed by atoms with Crippen LogP contribution >= 0.6 is 0 Å². The number of hydrogen-bond acceptors (Lipinski definition) is 12. The number of hydrogen-bond donors (Lipinski definition) is 3. The molecule has 14 heteroatoms. The smallest absolute Gasteiger partial charge is 0.338 e. The Hall–Kier alpha value is -4.99.